The Kier molecular flexibility index (Phi) is 4.05. The number of nitrogens with one attached hydrogen (secondary N) is 1. The molecular formula is C20H19FN4O. The topological polar surface area (TPSA) is 55.7 Å². The molecule has 1 aromatic carbocycles. The van der Waals surface area contributed by atoms with Gasteiger partial charge in [0.15, 0.2) is 11.6 Å². The zero-order chi connectivity index (χ0) is 18.3. The molecule has 0 radical (unpaired) electrons. The van der Waals surface area contributed by atoms with Gasteiger partial charge in [0.2, 0.25) is 0 Å². The fraction of sp³-hybridized carbons (Fsp3) is 0.200. The molecule has 0 fully saturated rings. The Balaban J connectivity index is 1.79. The largest absolute Gasteiger partial charge is 0.364 e. The molecule has 0 saturated carbocycles. The van der Waals surface area contributed by atoms with E-state index >= 15 is 0 Å². The summed E-state index contributed by atoms with van der Waals surface area (Å²) in [6.07, 6.45) is 3.06. The van der Waals surface area contributed by atoms with E-state index in [9.17, 15) is 4.39 Å². The van der Waals surface area contributed by atoms with Crippen molar-refractivity contribution >= 4 is 12.2 Å². The fourth-order valence-corrected chi connectivity index (χ4v) is 3.24. The van der Waals surface area contributed by atoms with Crippen LogP contribution in [-0.2, 0) is 11.3 Å². The van der Waals surface area contributed by atoms with E-state index in [2.05, 4.69) is 28.2 Å². The summed E-state index contributed by atoms with van der Waals surface area (Å²) in [5.41, 5.74) is 3.94. The molecule has 0 saturated heterocycles. The number of rotatable bonds is 4. The molecule has 26 heavy (non-hydrogen) atoms. The first kappa shape index (κ1) is 16.5. The van der Waals surface area contributed by atoms with Gasteiger partial charge < -0.3 is 9.72 Å². The number of halogens is 1. The van der Waals surface area contributed by atoms with Gasteiger partial charge in [-0.2, -0.15) is 0 Å². The van der Waals surface area contributed by atoms with Crippen molar-refractivity contribution in [1.29, 1.82) is 0 Å². The Morgan fingerprint density at radius 3 is 2.92 bits per heavy atom. The lowest BCUT2D eigenvalue weighted by molar-refractivity contribution is 0.0384. The van der Waals surface area contributed by atoms with Crippen molar-refractivity contribution < 1.29 is 9.13 Å². The molecule has 6 heteroatoms. The fourth-order valence-electron chi connectivity index (χ4n) is 3.24. The first-order chi connectivity index (χ1) is 12.6. The van der Waals surface area contributed by atoms with Crippen LogP contribution < -0.4 is 0 Å². The number of aromatic nitrogens is 4. The van der Waals surface area contributed by atoms with E-state index in [0.29, 0.717) is 30.4 Å². The van der Waals surface area contributed by atoms with Crippen molar-refractivity contribution in [2.45, 2.75) is 19.6 Å². The molecule has 1 aliphatic heterocycles. The minimum Gasteiger partial charge on any atom is -0.364 e. The Labute approximate surface area is 150 Å². The lowest BCUT2D eigenvalue weighted by Crippen LogP contribution is -2.24. The van der Waals surface area contributed by atoms with Crippen molar-refractivity contribution in [2.75, 3.05) is 6.61 Å². The predicted molar refractivity (Wildman–Crippen MR) is 98.9 cm³/mol. The maximum Gasteiger partial charge on any atom is 0.197 e. The van der Waals surface area contributed by atoms with E-state index in [-0.39, 0.29) is 5.82 Å². The molecule has 0 bridgehead atoms. The molecule has 1 N–H and O–H groups in total. The van der Waals surface area contributed by atoms with Gasteiger partial charge in [-0.25, -0.2) is 14.1 Å². The molecule has 1 aliphatic rings. The molecule has 3 heterocycles. The van der Waals surface area contributed by atoms with Gasteiger partial charge in [-0.15, -0.1) is 5.10 Å². The standard InChI is InChI=1S/C20H19FN4O/c1-4-13-11-17(22-16(13)5-2)19-23-20-18(26-10-9-25(20)24-19)14-7-6-8-15(21)12(14)3/h4-8,11,18,22H,1-2,9-10H2,3H3. The van der Waals surface area contributed by atoms with E-state index in [1.165, 1.54) is 6.07 Å². The van der Waals surface area contributed by atoms with Gasteiger partial charge in [0.1, 0.15) is 11.9 Å². The smallest absolute Gasteiger partial charge is 0.197 e. The van der Waals surface area contributed by atoms with Crippen LogP contribution in [0.4, 0.5) is 4.39 Å². The SMILES string of the molecule is C=Cc1cc(-c2nc3n(n2)CCOC3c2cccc(F)c2C)[nH]c1C=C. The van der Waals surface area contributed by atoms with Gasteiger partial charge in [0, 0.05) is 5.69 Å². The lowest BCUT2D eigenvalue weighted by atomic mass is 10.0. The molecule has 3 aromatic rings. The van der Waals surface area contributed by atoms with E-state index in [0.717, 1.165) is 22.5 Å². The van der Waals surface area contributed by atoms with Crippen molar-refractivity contribution in [1.82, 2.24) is 19.7 Å². The summed E-state index contributed by atoms with van der Waals surface area (Å²) in [5.74, 6) is 0.995. The molecule has 5 nitrogen and oxygen atoms in total. The van der Waals surface area contributed by atoms with Crippen molar-refractivity contribution in [3.8, 4) is 11.5 Å². The second-order valence-electron chi connectivity index (χ2n) is 6.18. The van der Waals surface area contributed by atoms with E-state index < -0.39 is 6.10 Å². The Morgan fingerprint density at radius 1 is 1.35 bits per heavy atom. The van der Waals surface area contributed by atoms with Gasteiger partial charge in [0.05, 0.1) is 18.8 Å². The van der Waals surface area contributed by atoms with Gasteiger partial charge in [-0.3, -0.25) is 0 Å². The number of nitrogens with zero attached hydrogens (tertiary/aromatic N) is 3. The number of fused-ring (bicyclic) bond motifs is 1. The molecule has 4 rings (SSSR count). The first-order valence-electron chi connectivity index (χ1n) is 8.42. The lowest BCUT2D eigenvalue weighted by Gasteiger charge is -2.24. The van der Waals surface area contributed by atoms with Crippen LogP contribution in [0.2, 0.25) is 0 Å². The third-order valence-electron chi connectivity index (χ3n) is 4.66. The number of H-pyrrole nitrogens is 1. The van der Waals surface area contributed by atoms with Gasteiger partial charge >= 0.3 is 0 Å². The molecule has 1 atom stereocenters. The molecule has 0 aliphatic carbocycles. The summed E-state index contributed by atoms with van der Waals surface area (Å²) in [5, 5.41) is 4.60. The minimum atomic E-state index is -0.437. The van der Waals surface area contributed by atoms with Crippen molar-refractivity contribution in [2.24, 2.45) is 0 Å². The summed E-state index contributed by atoms with van der Waals surface area (Å²) in [4.78, 5) is 7.93. The second kappa shape index (κ2) is 6.38. The highest BCUT2D eigenvalue weighted by molar-refractivity contribution is 5.68. The van der Waals surface area contributed by atoms with Crippen LogP contribution in [0, 0.1) is 12.7 Å². The number of ether oxygens (including phenoxy) is 1. The molecule has 0 amide bonds. The van der Waals surface area contributed by atoms with E-state index in [1.807, 2.05) is 16.8 Å². The van der Waals surface area contributed by atoms with Crippen molar-refractivity contribution in [3.05, 3.63) is 71.4 Å². The summed E-state index contributed by atoms with van der Waals surface area (Å²) in [7, 11) is 0. The maximum atomic E-state index is 14.0. The van der Waals surface area contributed by atoms with Crippen LogP contribution in [0.15, 0.2) is 37.4 Å². The third-order valence-corrected chi connectivity index (χ3v) is 4.66. The molecule has 0 spiro atoms. The summed E-state index contributed by atoms with van der Waals surface area (Å²) in [6.45, 7) is 10.5. The molecule has 1 unspecified atom stereocenters. The van der Waals surface area contributed by atoms with Gasteiger partial charge in [-0.1, -0.05) is 31.4 Å². The number of benzene rings is 1. The van der Waals surface area contributed by atoms with E-state index in [1.54, 1.807) is 25.1 Å². The van der Waals surface area contributed by atoms with Crippen LogP contribution in [-0.4, -0.2) is 26.4 Å². The highest BCUT2D eigenvalue weighted by Gasteiger charge is 2.29. The summed E-state index contributed by atoms with van der Waals surface area (Å²) >= 11 is 0. The van der Waals surface area contributed by atoms with Crippen LogP contribution in [0.5, 0.6) is 0 Å². The number of hydrogen-bond acceptors (Lipinski definition) is 3. The van der Waals surface area contributed by atoms with Crippen LogP contribution in [0.25, 0.3) is 23.7 Å². The van der Waals surface area contributed by atoms with Crippen molar-refractivity contribution in [3.63, 3.8) is 0 Å². The average Bonchev–Trinajstić information content (AvgIpc) is 3.27. The van der Waals surface area contributed by atoms with E-state index in [4.69, 9.17) is 4.74 Å². The number of hydrogen-bond donors (Lipinski definition) is 1. The highest BCUT2D eigenvalue weighted by Crippen LogP contribution is 2.32. The Morgan fingerprint density at radius 2 is 2.19 bits per heavy atom. The Bertz CT molecular complexity index is 976. The number of aromatic amines is 1. The highest BCUT2D eigenvalue weighted by atomic mass is 19.1. The minimum absolute atomic E-state index is 0.251. The molecule has 132 valence electrons. The average molecular weight is 350 g/mol. The first-order valence-corrected chi connectivity index (χ1v) is 8.42. The zero-order valence-corrected chi connectivity index (χ0v) is 14.5. The summed E-state index contributed by atoms with van der Waals surface area (Å²) in [6, 6.07) is 6.95. The zero-order valence-electron chi connectivity index (χ0n) is 14.5. The second-order valence-corrected chi connectivity index (χ2v) is 6.18. The monoisotopic (exact) mass is 350 g/mol. The van der Waals surface area contributed by atoms with Gasteiger partial charge in [0.25, 0.3) is 0 Å². The molecule has 2 aromatic heterocycles. The molecular weight excluding hydrogens is 331 g/mol. The van der Waals surface area contributed by atoms with Crippen LogP contribution in [0.1, 0.15) is 34.3 Å². The maximum absolute atomic E-state index is 14.0. The van der Waals surface area contributed by atoms with Crippen LogP contribution >= 0.6 is 0 Å². The summed E-state index contributed by atoms with van der Waals surface area (Å²) < 4.78 is 21.7. The predicted octanol–water partition coefficient (Wildman–Crippen LogP) is 4.13. The third kappa shape index (κ3) is 2.59. The normalized spacial score (nSPS) is 16.3. The van der Waals surface area contributed by atoms with Gasteiger partial charge in [-0.05, 0) is 41.8 Å². The quantitative estimate of drug-likeness (QED) is 0.770. The Hall–Kier alpha value is -2.99. The van der Waals surface area contributed by atoms with Crippen LogP contribution in [0.3, 0.4) is 0 Å².